The van der Waals surface area contributed by atoms with Crippen molar-refractivity contribution in [2.75, 3.05) is 26.2 Å². The minimum atomic E-state index is -3.46. The summed E-state index contributed by atoms with van der Waals surface area (Å²) in [6, 6.07) is 12.7. The number of amides is 1. The first-order chi connectivity index (χ1) is 13.4. The molecule has 0 radical (unpaired) electrons. The molecule has 1 amide bonds. The number of phenolic OH excluding ortho intramolecular Hbond substituents is 1. The van der Waals surface area contributed by atoms with Crippen LogP contribution in [0.25, 0.3) is 0 Å². The number of benzene rings is 2. The molecule has 9 heteroatoms. The lowest BCUT2D eigenvalue weighted by Gasteiger charge is -2.33. The third-order valence-electron chi connectivity index (χ3n) is 4.15. The predicted octanol–water partition coefficient (Wildman–Crippen LogP) is 2.68. The summed E-state index contributed by atoms with van der Waals surface area (Å²) in [4.78, 5) is 12.4. The summed E-state index contributed by atoms with van der Waals surface area (Å²) in [5, 5.41) is 19.1. The second-order valence-corrected chi connectivity index (χ2v) is 7.74. The molecule has 1 atom stereocenters. The van der Waals surface area contributed by atoms with Crippen LogP contribution in [-0.4, -0.2) is 55.9 Å². The molecule has 28 heavy (non-hydrogen) atoms. The van der Waals surface area contributed by atoms with Gasteiger partial charge in [-0.05, 0) is 36.4 Å². The Balaban J connectivity index is 1.97. The molecule has 3 rings (SSSR count). The Morgan fingerprint density at radius 3 is 2.32 bits per heavy atom. The fourth-order valence-corrected chi connectivity index (χ4v) is 4.28. The number of hydrogen-bond donors (Lipinski definition) is 2. The van der Waals surface area contributed by atoms with Gasteiger partial charge in [0.25, 0.3) is 10.2 Å². The highest BCUT2D eigenvalue weighted by atomic mass is 32.2. The molecular formula is C19H19N3O5S. The molecule has 146 valence electrons. The smallest absolute Gasteiger partial charge is 0.407 e. The maximum atomic E-state index is 13.7. The summed E-state index contributed by atoms with van der Waals surface area (Å²) in [5.41, 5.74) is 1.04. The van der Waals surface area contributed by atoms with Gasteiger partial charge in [-0.15, -0.1) is 6.42 Å². The monoisotopic (exact) mass is 401 g/mol. The predicted molar refractivity (Wildman–Crippen MR) is 105 cm³/mol. The normalized spacial score (nSPS) is 16.6. The fraction of sp³-hybridized carbons (Fsp3) is 0.211. The molecular weight excluding hydrogens is 382 g/mol. The molecule has 0 saturated carbocycles. The van der Waals surface area contributed by atoms with Gasteiger partial charge in [-0.1, -0.05) is 18.1 Å². The summed E-state index contributed by atoms with van der Waals surface area (Å²) >= 11 is 0. The van der Waals surface area contributed by atoms with Crippen molar-refractivity contribution in [3.63, 3.8) is 0 Å². The van der Waals surface area contributed by atoms with E-state index in [1.807, 2.05) is 0 Å². The van der Waals surface area contributed by atoms with Crippen LogP contribution in [0.15, 0.2) is 52.9 Å². The van der Waals surface area contributed by atoms with Gasteiger partial charge in [0, 0.05) is 31.7 Å². The van der Waals surface area contributed by atoms with Gasteiger partial charge in [-0.2, -0.15) is 12.9 Å². The molecule has 1 aliphatic rings. The molecule has 0 aromatic heterocycles. The number of phenols is 1. The van der Waals surface area contributed by atoms with Gasteiger partial charge in [-0.25, -0.2) is 4.79 Å². The first-order valence-corrected chi connectivity index (χ1v) is 9.85. The van der Waals surface area contributed by atoms with E-state index in [1.54, 1.807) is 36.4 Å². The van der Waals surface area contributed by atoms with Crippen LogP contribution in [-0.2, 0) is 10.2 Å². The molecule has 0 spiro atoms. The number of carbonyl (C=O) groups is 1. The highest BCUT2D eigenvalue weighted by molar-refractivity contribution is 7.87. The molecule has 2 aromatic carbocycles. The van der Waals surface area contributed by atoms with E-state index < -0.39 is 16.3 Å². The number of piperazine rings is 1. The summed E-state index contributed by atoms with van der Waals surface area (Å²) in [5.74, 6) is 2.35. The second-order valence-electron chi connectivity index (χ2n) is 5.98. The number of aromatic hydroxyl groups is 1. The topological polar surface area (TPSA) is 103 Å². The Morgan fingerprint density at radius 2 is 1.75 bits per heavy atom. The fourth-order valence-electron chi connectivity index (χ4n) is 2.64. The third kappa shape index (κ3) is 4.36. The maximum Gasteiger partial charge on any atom is 0.407 e. The molecule has 8 nitrogen and oxygen atoms in total. The number of nitrogens with zero attached hydrogens (tertiary/aromatic N) is 3. The number of hydrogen-bond acceptors (Lipinski definition) is 5. The van der Waals surface area contributed by atoms with Crippen molar-refractivity contribution in [1.29, 1.82) is 0 Å². The molecule has 1 heterocycles. The van der Waals surface area contributed by atoms with Gasteiger partial charge in [-0.3, -0.25) is 0 Å². The number of rotatable bonds is 4. The lowest BCUT2D eigenvalue weighted by atomic mass is 10.2. The molecule has 2 N–H and O–H groups in total. The minimum Gasteiger partial charge on any atom is -0.504 e. The summed E-state index contributed by atoms with van der Waals surface area (Å²) in [7, 11) is -3.46. The van der Waals surface area contributed by atoms with Crippen LogP contribution in [0.2, 0.25) is 0 Å². The first kappa shape index (κ1) is 19.5. The van der Waals surface area contributed by atoms with Crippen LogP contribution < -0.4 is 4.18 Å². The van der Waals surface area contributed by atoms with E-state index in [0.29, 0.717) is 11.3 Å². The lowest BCUT2D eigenvalue weighted by Crippen LogP contribution is -2.51. The standard InChI is InChI=1S/C19H19N3O5S/c1-2-15-7-9-16(10-8-15)20-28(26,27-18-6-4-3-5-17(18)23)22-13-11-21(12-14-22)19(24)25/h1,3-10,23H,11-14H2,(H,24,25)/t28-/m0/s1. The van der Waals surface area contributed by atoms with Gasteiger partial charge in [0.1, 0.15) is 0 Å². The molecule has 1 fully saturated rings. The van der Waals surface area contributed by atoms with Crippen LogP contribution in [0.4, 0.5) is 10.5 Å². The van der Waals surface area contributed by atoms with E-state index in [1.165, 1.54) is 21.3 Å². The lowest BCUT2D eigenvalue weighted by molar-refractivity contribution is 0.125. The van der Waals surface area contributed by atoms with E-state index >= 15 is 0 Å². The molecule has 2 aromatic rings. The average molecular weight is 401 g/mol. The zero-order valence-corrected chi connectivity index (χ0v) is 15.7. The zero-order chi connectivity index (χ0) is 20.1. The quantitative estimate of drug-likeness (QED) is 0.767. The van der Waals surface area contributed by atoms with Crippen molar-refractivity contribution < 1.29 is 23.4 Å². The van der Waals surface area contributed by atoms with Crippen LogP contribution in [0.5, 0.6) is 11.5 Å². The number of para-hydroxylation sites is 2. The van der Waals surface area contributed by atoms with Crippen LogP contribution in [0.3, 0.4) is 0 Å². The van der Waals surface area contributed by atoms with Crippen molar-refractivity contribution in [3.05, 3.63) is 54.1 Å². The van der Waals surface area contributed by atoms with Crippen molar-refractivity contribution in [2.24, 2.45) is 4.36 Å². The zero-order valence-electron chi connectivity index (χ0n) is 14.9. The first-order valence-electron chi connectivity index (χ1n) is 8.45. The third-order valence-corrected chi connectivity index (χ3v) is 6.01. The van der Waals surface area contributed by atoms with Gasteiger partial charge in [0.05, 0.1) is 5.69 Å². The number of terminal acetylenes is 1. The highest BCUT2D eigenvalue weighted by Crippen LogP contribution is 2.29. The van der Waals surface area contributed by atoms with E-state index in [4.69, 9.17) is 15.7 Å². The largest absolute Gasteiger partial charge is 0.504 e. The van der Waals surface area contributed by atoms with E-state index in [0.717, 1.165) is 0 Å². The minimum absolute atomic E-state index is 0.0251. The van der Waals surface area contributed by atoms with Crippen LogP contribution >= 0.6 is 0 Å². The van der Waals surface area contributed by atoms with Crippen molar-refractivity contribution in [2.45, 2.75) is 0 Å². The molecule has 0 unspecified atom stereocenters. The average Bonchev–Trinajstić information content (AvgIpc) is 2.70. The highest BCUT2D eigenvalue weighted by Gasteiger charge is 2.30. The van der Waals surface area contributed by atoms with Crippen molar-refractivity contribution >= 4 is 22.0 Å². The maximum absolute atomic E-state index is 13.7. The Bertz CT molecular complexity index is 1010. The van der Waals surface area contributed by atoms with Crippen LogP contribution in [0.1, 0.15) is 5.56 Å². The molecule has 1 saturated heterocycles. The van der Waals surface area contributed by atoms with Gasteiger partial charge < -0.3 is 19.3 Å². The van der Waals surface area contributed by atoms with Crippen molar-refractivity contribution in [3.8, 4) is 23.8 Å². The number of carboxylic acid groups (broad SMARTS) is 1. The molecule has 1 aliphatic heterocycles. The van der Waals surface area contributed by atoms with E-state index in [9.17, 15) is 14.1 Å². The summed E-state index contributed by atoms with van der Waals surface area (Å²) in [6.45, 7) is 0.680. The van der Waals surface area contributed by atoms with Gasteiger partial charge >= 0.3 is 6.09 Å². The Kier molecular flexibility index (Phi) is 5.73. The van der Waals surface area contributed by atoms with Gasteiger partial charge in [0.2, 0.25) is 0 Å². The summed E-state index contributed by atoms with van der Waals surface area (Å²) < 4.78 is 25.1. The van der Waals surface area contributed by atoms with E-state index in [2.05, 4.69) is 10.3 Å². The SMILES string of the molecule is C#Cc1ccc(N=[S@](=O)(Oc2ccccc2O)N2CCN(C(=O)O)CC2)cc1. The summed E-state index contributed by atoms with van der Waals surface area (Å²) in [6.07, 6.45) is 4.32. The van der Waals surface area contributed by atoms with Gasteiger partial charge in [0.15, 0.2) is 11.5 Å². The molecule has 0 aliphatic carbocycles. The Morgan fingerprint density at radius 1 is 1.11 bits per heavy atom. The van der Waals surface area contributed by atoms with Crippen molar-refractivity contribution in [1.82, 2.24) is 9.21 Å². The molecule has 0 bridgehead atoms. The second kappa shape index (κ2) is 8.21. The van der Waals surface area contributed by atoms with E-state index in [-0.39, 0.29) is 37.7 Å². The Hall–Kier alpha value is -3.22. The van der Waals surface area contributed by atoms with Crippen LogP contribution in [0, 0.1) is 12.3 Å². The Labute approximate surface area is 163 Å².